The Morgan fingerprint density at radius 1 is 1.21 bits per heavy atom. The molecule has 0 bridgehead atoms. The lowest BCUT2D eigenvalue weighted by atomic mass is 10.2. The van der Waals surface area contributed by atoms with Gasteiger partial charge in [0.25, 0.3) is 0 Å². The van der Waals surface area contributed by atoms with Gasteiger partial charge in [0.15, 0.2) is 0 Å². The topological polar surface area (TPSA) is 58.3 Å². The summed E-state index contributed by atoms with van der Waals surface area (Å²) < 4.78 is 5.83. The third-order valence-electron chi connectivity index (χ3n) is 4.28. The fourth-order valence-corrected chi connectivity index (χ4v) is 3.52. The predicted octanol–water partition coefficient (Wildman–Crippen LogP) is 2.82. The minimum atomic E-state index is 0.724. The van der Waals surface area contributed by atoms with Crippen molar-refractivity contribution in [3.63, 3.8) is 0 Å². The Hall–Kier alpha value is -2.25. The van der Waals surface area contributed by atoms with Gasteiger partial charge in [-0.3, -0.25) is 9.88 Å². The van der Waals surface area contributed by atoms with Crippen molar-refractivity contribution in [2.75, 3.05) is 31.1 Å². The number of aromatic nitrogens is 3. The Kier molecular flexibility index (Phi) is 4.27. The number of hydrogen-bond donors (Lipinski definition) is 0. The second kappa shape index (κ2) is 6.70. The van der Waals surface area contributed by atoms with Crippen molar-refractivity contribution in [2.45, 2.75) is 13.5 Å². The van der Waals surface area contributed by atoms with Crippen LogP contribution in [0.5, 0.6) is 0 Å². The molecule has 4 rings (SSSR count). The van der Waals surface area contributed by atoms with Gasteiger partial charge in [-0.25, -0.2) is 9.97 Å². The number of thiophene rings is 1. The van der Waals surface area contributed by atoms with Crippen LogP contribution in [0, 0.1) is 6.92 Å². The van der Waals surface area contributed by atoms with E-state index in [-0.39, 0.29) is 0 Å². The number of aryl methyl sites for hydroxylation is 1. The van der Waals surface area contributed by atoms with Gasteiger partial charge in [-0.15, -0.1) is 0 Å². The smallest absolute Gasteiger partial charge is 0.227 e. The van der Waals surface area contributed by atoms with Gasteiger partial charge in [-0.2, -0.15) is 11.3 Å². The molecule has 3 aromatic rings. The molecular weight excluding hydrogens is 322 g/mol. The maximum Gasteiger partial charge on any atom is 0.227 e. The molecule has 7 heteroatoms. The van der Waals surface area contributed by atoms with Gasteiger partial charge in [0.05, 0.1) is 11.9 Å². The highest BCUT2D eigenvalue weighted by Crippen LogP contribution is 2.24. The molecule has 124 valence electrons. The minimum absolute atomic E-state index is 0.724. The number of oxazole rings is 1. The first-order valence-electron chi connectivity index (χ1n) is 8.02. The second-order valence-electron chi connectivity index (χ2n) is 5.86. The SMILES string of the molecule is Cc1oc(-c2ccsc2)nc1CN1CCN(c2cnccn2)CC1. The van der Waals surface area contributed by atoms with Crippen LogP contribution >= 0.6 is 11.3 Å². The first-order chi connectivity index (χ1) is 11.8. The van der Waals surface area contributed by atoms with E-state index in [1.54, 1.807) is 23.7 Å². The Morgan fingerprint density at radius 3 is 2.79 bits per heavy atom. The fraction of sp³-hybridized carbons (Fsp3) is 0.353. The molecule has 1 aliphatic heterocycles. The van der Waals surface area contributed by atoms with Gasteiger partial charge in [-0.05, 0) is 18.4 Å². The molecule has 1 fully saturated rings. The van der Waals surface area contributed by atoms with E-state index in [0.29, 0.717) is 0 Å². The predicted molar refractivity (Wildman–Crippen MR) is 94.1 cm³/mol. The Morgan fingerprint density at radius 2 is 2.08 bits per heavy atom. The number of piperazine rings is 1. The molecule has 0 aliphatic carbocycles. The molecular formula is C17H19N5OS. The molecule has 24 heavy (non-hydrogen) atoms. The summed E-state index contributed by atoms with van der Waals surface area (Å²) in [5.41, 5.74) is 2.09. The molecule has 0 amide bonds. The van der Waals surface area contributed by atoms with Gasteiger partial charge in [-0.1, -0.05) is 0 Å². The minimum Gasteiger partial charge on any atom is -0.441 e. The van der Waals surface area contributed by atoms with E-state index in [1.807, 2.05) is 24.6 Å². The summed E-state index contributed by atoms with van der Waals surface area (Å²) in [6.45, 7) is 6.69. The largest absolute Gasteiger partial charge is 0.441 e. The molecule has 6 nitrogen and oxygen atoms in total. The van der Waals surface area contributed by atoms with Crippen LogP contribution in [0.4, 0.5) is 5.82 Å². The quantitative estimate of drug-likeness (QED) is 0.727. The maximum absolute atomic E-state index is 5.83. The highest BCUT2D eigenvalue weighted by Gasteiger charge is 2.21. The van der Waals surface area contributed by atoms with Crippen molar-refractivity contribution in [3.05, 3.63) is 46.9 Å². The fourth-order valence-electron chi connectivity index (χ4n) is 2.89. The Balaban J connectivity index is 1.39. The third-order valence-corrected chi connectivity index (χ3v) is 4.96. The van der Waals surface area contributed by atoms with Crippen LogP contribution < -0.4 is 4.90 Å². The molecule has 0 radical (unpaired) electrons. The summed E-state index contributed by atoms with van der Waals surface area (Å²) in [7, 11) is 0. The van der Waals surface area contributed by atoms with E-state index in [1.165, 1.54) is 0 Å². The maximum atomic E-state index is 5.83. The van der Waals surface area contributed by atoms with Crippen LogP contribution in [0.15, 0.2) is 39.8 Å². The average Bonchev–Trinajstić information content (AvgIpc) is 3.27. The molecule has 4 heterocycles. The molecule has 0 spiro atoms. The number of rotatable bonds is 4. The summed E-state index contributed by atoms with van der Waals surface area (Å²) in [6, 6.07) is 2.04. The van der Waals surface area contributed by atoms with Crippen molar-refractivity contribution >= 4 is 17.2 Å². The summed E-state index contributed by atoms with van der Waals surface area (Å²) in [6.07, 6.45) is 5.27. The second-order valence-corrected chi connectivity index (χ2v) is 6.64. The molecule has 0 saturated carbocycles. The lowest BCUT2D eigenvalue weighted by Gasteiger charge is -2.34. The number of hydrogen-bond acceptors (Lipinski definition) is 7. The number of nitrogens with zero attached hydrogens (tertiary/aromatic N) is 5. The molecule has 3 aromatic heterocycles. The summed E-state index contributed by atoms with van der Waals surface area (Å²) >= 11 is 1.66. The zero-order valence-corrected chi connectivity index (χ0v) is 14.4. The molecule has 0 N–H and O–H groups in total. The zero-order valence-electron chi connectivity index (χ0n) is 13.6. The van der Waals surface area contributed by atoms with Crippen molar-refractivity contribution in [2.24, 2.45) is 0 Å². The third kappa shape index (κ3) is 3.18. The Bertz CT molecular complexity index is 779. The van der Waals surface area contributed by atoms with E-state index in [0.717, 1.165) is 61.4 Å². The lowest BCUT2D eigenvalue weighted by Crippen LogP contribution is -2.46. The molecule has 0 atom stereocenters. The van der Waals surface area contributed by atoms with E-state index in [2.05, 4.69) is 30.1 Å². The summed E-state index contributed by atoms with van der Waals surface area (Å²) in [4.78, 5) is 17.9. The van der Waals surface area contributed by atoms with E-state index < -0.39 is 0 Å². The van der Waals surface area contributed by atoms with Crippen LogP contribution in [0.1, 0.15) is 11.5 Å². The van der Waals surface area contributed by atoms with Crippen LogP contribution in [0.3, 0.4) is 0 Å². The van der Waals surface area contributed by atoms with Gasteiger partial charge >= 0.3 is 0 Å². The highest BCUT2D eigenvalue weighted by atomic mass is 32.1. The van der Waals surface area contributed by atoms with Crippen molar-refractivity contribution in [1.29, 1.82) is 0 Å². The van der Waals surface area contributed by atoms with Crippen molar-refractivity contribution < 1.29 is 4.42 Å². The van der Waals surface area contributed by atoms with Gasteiger partial charge in [0.2, 0.25) is 5.89 Å². The average molecular weight is 341 g/mol. The first kappa shape index (κ1) is 15.3. The first-order valence-corrected chi connectivity index (χ1v) is 8.96. The van der Waals surface area contributed by atoms with Gasteiger partial charge < -0.3 is 9.32 Å². The number of anilines is 1. The molecule has 1 saturated heterocycles. The van der Waals surface area contributed by atoms with E-state index in [4.69, 9.17) is 4.42 Å². The summed E-state index contributed by atoms with van der Waals surface area (Å²) in [5.74, 6) is 2.59. The molecule has 0 aromatic carbocycles. The highest BCUT2D eigenvalue weighted by molar-refractivity contribution is 7.08. The van der Waals surface area contributed by atoms with E-state index in [9.17, 15) is 0 Å². The standard InChI is InChI=1S/C17H19N5OS/c1-13-15(20-17(23-13)14-2-9-24-12-14)11-21-5-7-22(8-6-21)16-10-18-3-4-19-16/h2-4,9-10,12H,5-8,11H2,1H3. The van der Waals surface area contributed by atoms with Crippen LogP contribution in [-0.2, 0) is 6.54 Å². The summed E-state index contributed by atoms with van der Waals surface area (Å²) in [5, 5.41) is 4.11. The van der Waals surface area contributed by atoms with Gasteiger partial charge in [0.1, 0.15) is 11.6 Å². The normalized spacial score (nSPS) is 15.8. The van der Waals surface area contributed by atoms with Crippen LogP contribution in [-0.4, -0.2) is 46.0 Å². The molecule has 1 aliphatic rings. The Labute approximate surface area is 144 Å². The van der Waals surface area contributed by atoms with Crippen LogP contribution in [0.2, 0.25) is 0 Å². The van der Waals surface area contributed by atoms with Crippen molar-refractivity contribution in [3.8, 4) is 11.5 Å². The van der Waals surface area contributed by atoms with Crippen LogP contribution in [0.25, 0.3) is 11.5 Å². The molecule has 0 unspecified atom stereocenters. The van der Waals surface area contributed by atoms with E-state index >= 15 is 0 Å². The van der Waals surface area contributed by atoms with Gasteiger partial charge in [0, 0.05) is 56.1 Å². The van der Waals surface area contributed by atoms with Crippen molar-refractivity contribution in [1.82, 2.24) is 19.9 Å². The monoisotopic (exact) mass is 341 g/mol. The zero-order chi connectivity index (χ0) is 16.4. The lowest BCUT2D eigenvalue weighted by molar-refractivity contribution is 0.245.